The van der Waals surface area contributed by atoms with Gasteiger partial charge >= 0.3 is 0 Å². The van der Waals surface area contributed by atoms with Crippen molar-refractivity contribution in [2.45, 2.75) is 11.7 Å². The third kappa shape index (κ3) is 4.17. The van der Waals surface area contributed by atoms with E-state index in [0.29, 0.717) is 17.3 Å². The van der Waals surface area contributed by atoms with Crippen molar-refractivity contribution >= 4 is 40.6 Å². The Labute approximate surface area is 153 Å². The van der Waals surface area contributed by atoms with Crippen molar-refractivity contribution in [3.63, 3.8) is 0 Å². The van der Waals surface area contributed by atoms with E-state index in [1.54, 1.807) is 11.3 Å². The first-order valence-electron chi connectivity index (χ1n) is 7.20. The van der Waals surface area contributed by atoms with Gasteiger partial charge in [0, 0.05) is 18.6 Å². The molecule has 3 rings (SSSR count). The molecule has 0 saturated heterocycles. The number of hydrogen-bond donors (Lipinski definition) is 1. The van der Waals surface area contributed by atoms with E-state index in [1.807, 2.05) is 53.4 Å². The lowest BCUT2D eigenvalue weighted by Crippen LogP contribution is -2.24. The van der Waals surface area contributed by atoms with E-state index in [0.717, 1.165) is 21.4 Å². The number of carbonyl (C=O) groups is 1. The molecule has 0 bridgehead atoms. The minimum absolute atomic E-state index is 0.0457. The molecule has 124 valence electrons. The van der Waals surface area contributed by atoms with Crippen molar-refractivity contribution in [2.24, 2.45) is 7.05 Å². The van der Waals surface area contributed by atoms with Crippen LogP contribution in [0.1, 0.15) is 5.56 Å². The molecule has 1 aromatic carbocycles. The van der Waals surface area contributed by atoms with E-state index < -0.39 is 0 Å². The van der Waals surface area contributed by atoms with E-state index in [1.165, 1.54) is 11.8 Å². The summed E-state index contributed by atoms with van der Waals surface area (Å²) in [6, 6.07) is 11.4. The Bertz CT molecular complexity index is 815. The van der Waals surface area contributed by atoms with E-state index >= 15 is 0 Å². The molecule has 0 unspecified atom stereocenters. The van der Waals surface area contributed by atoms with Gasteiger partial charge < -0.3 is 9.88 Å². The summed E-state index contributed by atoms with van der Waals surface area (Å²) in [6.07, 6.45) is 0. The fourth-order valence-corrected chi connectivity index (χ4v) is 3.66. The zero-order valence-corrected chi connectivity index (χ0v) is 15.3. The number of benzene rings is 1. The summed E-state index contributed by atoms with van der Waals surface area (Å²) in [7, 11) is 1.91. The molecule has 0 spiro atoms. The highest BCUT2D eigenvalue weighted by atomic mass is 35.5. The van der Waals surface area contributed by atoms with Gasteiger partial charge in [-0.25, -0.2) is 0 Å². The first-order valence-corrected chi connectivity index (χ1v) is 9.45. The zero-order chi connectivity index (χ0) is 16.9. The third-order valence-electron chi connectivity index (χ3n) is 3.31. The van der Waals surface area contributed by atoms with Crippen LogP contribution < -0.4 is 5.32 Å². The number of amides is 1. The van der Waals surface area contributed by atoms with Crippen LogP contribution in [0.4, 0.5) is 0 Å². The molecule has 0 aliphatic heterocycles. The molecule has 3 aromatic rings. The summed E-state index contributed by atoms with van der Waals surface area (Å²) in [5, 5.41) is 14.6. The van der Waals surface area contributed by atoms with Crippen LogP contribution in [0, 0.1) is 0 Å². The van der Waals surface area contributed by atoms with Crippen molar-refractivity contribution in [3.8, 4) is 10.7 Å². The molecule has 0 aliphatic rings. The highest BCUT2D eigenvalue weighted by Crippen LogP contribution is 2.25. The van der Waals surface area contributed by atoms with Crippen LogP contribution in [-0.2, 0) is 18.4 Å². The number of thiophene rings is 1. The summed E-state index contributed by atoms with van der Waals surface area (Å²) < 4.78 is 1.91. The summed E-state index contributed by atoms with van der Waals surface area (Å²) in [5.74, 6) is 1.06. The predicted octanol–water partition coefficient (Wildman–Crippen LogP) is 3.61. The molecule has 8 heteroatoms. The summed E-state index contributed by atoms with van der Waals surface area (Å²) in [6.45, 7) is 0.482. The Hall–Kier alpha value is -1.83. The Morgan fingerprint density at radius 3 is 2.79 bits per heavy atom. The predicted molar refractivity (Wildman–Crippen MR) is 98.3 cm³/mol. The lowest BCUT2D eigenvalue weighted by Gasteiger charge is -2.05. The molecule has 2 aromatic heterocycles. The van der Waals surface area contributed by atoms with Crippen molar-refractivity contribution in [1.29, 1.82) is 0 Å². The van der Waals surface area contributed by atoms with Gasteiger partial charge in [0.2, 0.25) is 5.91 Å². The minimum atomic E-state index is -0.0457. The van der Waals surface area contributed by atoms with Crippen LogP contribution in [0.3, 0.4) is 0 Å². The van der Waals surface area contributed by atoms with Gasteiger partial charge in [-0.2, -0.15) is 0 Å². The summed E-state index contributed by atoms with van der Waals surface area (Å²) in [5.41, 5.74) is 1.01. The molecule has 1 N–H and O–H groups in total. The number of halogens is 1. The number of nitrogens with zero attached hydrogens (tertiary/aromatic N) is 3. The largest absolute Gasteiger partial charge is 0.351 e. The third-order valence-corrected chi connectivity index (χ3v) is 5.45. The smallest absolute Gasteiger partial charge is 0.230 e. The van der Waals surface area contributed by atoms with Gasteiger partial charge in [0.05, 0.1) is 10.6 Å². The Kier molecular flexibility index (Phi) is 5.55. The monoisotopic (exact) mass is 378 g/mol. The van der Waals surface area contributed by atoms with Gasteiger partial charge in [-0.05, 0) is 29.1 Å². The number of aromatic nitrogens is 3. The molecule has 2 heterocycles. The number of carbonyl (C=O) groups excluding carboxylic acids is 1. The molecule has 0 saturated carbocycles. The molecule has 1 amide bonds. The highest BCUT2D eigenvalue weighted by molar-refractivity contribution is 7.99. The van der Waals surface area contributed by atoms with Gasteiger partial charge in [0.15, 0.2) is 11.0 Å². The molecule has 0 atom stereocenters. The molecule has 24 heavy (non-hydrogen) atoms. The lowest BCUT2D eigenvalue weighted by atomic mass is 10.2. The maximum absolute atomic E-state index is 12.0. The van der Waals surface area contributed by atoms with Gasteiger partial charge in [-0.15, -0.1) is 21.5 Å². The first-order chi connectivity index (χ1) is 11.6. The van der Waals surface area contributed by atoms with E-state index in [9.17, 15) is 4.79 Å². The van der Waals surface area contributed by atoms with Crippen molar-refractivity contribution < 1.29 is 4.79 Å². The fourth-order valence-electron chi connectivity index (χ4n) is 2.04. The van der Waals surface area contributed by atoms with Crippen molar-refractivity contribution in [2.75, 3.05) is 5.75 Å². The number of hydrogen-bond acceptors (Lipinski definition) is 5. The van der Waals surface area contributed by atoms with Gasteiger partial charge in [0.25, 0.3) is 0 Å². The van der Waals surface area contributed by atoms with Gasteiger partial charge in [-0.3, -0.25) is 4.79 Å². The van der Waals surface area contributed by atoms with Gasteiger partial charge in [-0.1, -0.05) is 41.6 Å². The minimum Gasteiger partial charge on any atom is -0.351 e. The molecule has 0 fully saturated rings. The van der Waals surface area contributed by atoms with E-state index in [-0.39, 0.29) is 5.91 Å². The van der Waals surface area contributed by atoms with Crippen LogP contribution in [0.5, 0.6) is 0 Å². The number of nitrogens with one attached hydrogen (secondary N) is 1. The van der Waals surface area contributed by atoms with Crippen LogP contribution >= 0.6 is 34.7 Å². The van der Waals surface area contributed by atoms with Crippen LogP contribution in [0.15, 0.2) is 46.9 Å². The Balaban J connectivity index is 1.52. The molecular formula is C16H15ClN4OS2. The summed E-state index contributed by atoms with van der Waals surface area (Å²) in [4.78, 5) is 13.0. The van der Waals surface area contributed by atoms with E-state index in [2.05, 4.69) is 15.5 Å². The Morgan fingerprint density at radius 1 is 1.29 bits per heavy atom. The number of thioether (sulfide) groups is 1. The molecule has 0 aliphatic carbocycles. The van der Waals surface area contributed by atoms with Crippen molar-refractivity contribution in [3.05, 3.63) is 52.4 Å². The maximum atomic E-state index is 12.0. The fraction of sp³-hybridized carbons (Fsp3) is 0.188. The standard InChI is InChI=1S/C16H15ClN4OS2/c1-21-15(13-3-2-8-23-13)19-20-16(21)24-10-14(22)18-9-11-4-6-12(17)7-5-11/h2-8H,9-10H2,1H3,(H,18,22). The molecule has 0 radical (unpaired) electrons. The highest BCUT2D eigenvalue weighted by Gasteiger charge is 2.13. The van der Waals surface area contributed by atoms with Crippen LogP contribution in [-0.4, -0.2) is 26.4 Å². The SMILES string of the molecule is Cn1c(SCC(=O)NCc2ccc(Cl)cc2)nnc1-c1cccs1. The van der Waals surface area contributed by atoms with E-state index in [4.69, 9.17) is 11.6 Å². The lowest BCUT2D eigenvalue weighted by molar-refractivity contribution is -0.118. The van der Waals surface area contributed by atoms with Crippen LogP contribution in [0.25, 0.3) is 10.7 Å². The van der Waals surface area contributed by atoms with Gasteiger partial charge in [0.1, 0.15) is 0 Å². The second kappa shape index (κ2) is 7.83. The topological polar surface area (TPSA) is 59.8 Å². The first kappa shape index (κ1) is 17.0. The normalized spacial score (nSPS) is 10.8. The zero-order valence-electron chi connectivity index (χ0n) is 12.9. The molecule has 5 nitrogen and oxygen atoms in total. The van der Waals surface area contributed by atoms with Crippen molar-refractivity contribution in [1.82, 2.24) is 20.1 Å². The Morgan fingerprint density at radius 2 is 2.08 bits per heavy atom. The quantitative estimate of drug-likeness (QED) is 0.666. The average molecular weight is 379 g/mol. The second-order valence-electron chi connectivity index (χ2n) is 5.03. The van der Waals surface area contributed by atoms with Crippen LogP contribution in [0.2, 0.25) is 5.02 Å². The molecular weight excluding hydrogens is 364 g/mol. The maximum Gasteiger partial charge on any atom is 0.230 e. The summed E-state index contributed by atoms with van der Waals surface area (Å²) >= 11 is 8.83. The number of rotatable bonds is 6. The average Bonchev–Trinajstić information content (AvgIpc) is 3.22. The second-order valence-corrected chi connectivity index (χ2v) is 7.36.